The minimum absolute atomic E-state index is 0.0692. The lowest BCUT2D eigenvalue weighted by atomic mass is 10.1. The summed E-state index contributed by atoms with van der Waals surface area (Å²) in [5.41, 5.74) is -0.908. The average molecular weight is 301 g/mol. The molecule has 0 atom stereocenters. The lowest BCUT2D eigenvalue weighted by molar-refractivity contribution is -0.384. The average Bonchev–Trinajstić information content (AvgIpc) is 2.44. The van der Waals surface area contributed by atoms with Crippen LogP contribution in [-0.2, 0) is 0 Å². The van der Waals surface area contributed by atoms with Gasteiger partial charge in [-0.25, -0.2) is 4.79 Å². The van der Waals surface area contributed by atoms with Crippen LogP contribution >= 0.6 is 0 Å². The zero-order valence-corrected chi connectivity index (χ0v) is 11.5. The van der Waals surface area contributed by atoms with Gasteiger partial charge < -0.3 is 9.52 Å². The molecule has 0 bridgehead atoms. The molecule has 0 spiro atoms. The van der Waals surface area contributed by atoms with Gasteiger partial charge in [0.2, 0.25) is 0 Å². The summed E-state index contributed by atoms with van der Waals surface area (Å²) >= 11 is 0. The van der Waals surface area contributed by atoms with Gasteiger partial charge in [0.05, 0.1) is 4.92 Å². The van der Waals surface area contributed by atoms with Crippen LogP contribution in [0, 0.1) is 17.0 Å². The third-order valence-corrected chi connectivity index (χ3v) is 2.83. The number of allylic oxidation sites excluding steroid dienone is 1. The number of aryl methyl sites for hydroxylation is 1. The topological polar surface area (TPSA) is 111 Å². The van der Waals surface area contributed by atoms with Gasteiger partial charge in [-0.2, -0.15) is 0 Å². The second-order valence-electron chi connectivity index (χ2n) is 4.45. The van der Waals surface area contributed by atoms with Crippen molar-refractivity contribution in [1.29, 1.82) is 0 Å². The van der Waals surface area contributed by atoms with Gasteiger partial charge in [0.15, 0.2) is 5.78 Å². The smallest absolute Gasteiger partial charge is 0.351 e. The number of carbonyl (C=O) groups is 1. The normalized spacial score (nSPS) is 10.8. The van der Waals surface area contributed by atoms with Crippen molar-refractivity contribution >= 4 is 17.5 Å². The highest BCUT2D eigenvalue weighted by atomic mass is 16.6. The van der Waals surface area contributed by atoms with Crippen molar-refractivity contribution in [2.75, 3.05) is 0 Å². The Morgan fingerprint density at radius 3 is 2.50 bits per heavy atom. The number of benzene rings is 1. The van der Waals surface area contributed by atoms with Gasteiger partial charge in [-0.1, -0.05) is 6.08 Å². The first-order valence-corrected chi connectivity index (χ1v) is 6.19. The number of carbonyl (C=O) groups excluding carboxylic acids is 1. The van der Waals surface area contributed by atoms with Crippen LogP contribution in [0.2, 0.25) is 0 Å². The zero-order valence-electron chi connectivity index (χ0n) is 11.5. The molecule has 0 radical (unpaired) electrons. The van der Waals surface area contributed by atoms with Crippen molar-refractivity contribution in [2.45, 2.75) is 6.92 Å². The van der Waals surface area contributed by atoms with Gasteiger partial charge in [-0.05, 0) is 30.7 Å². The predicted octanol–water partition coefficient (Wildman–Crippen LogP) is 2.46. The number of non-ortho nitro benzene ring substituents is 1. The fourth-order valence-corrected chi connectivity index (χ4v) is 1.79. The van der Waals surface area contributed by atoms with Crippen LogP contribution in [0.3, 0.4) is 0 Å². The molecule has 0 saturated carbocycles. The van der Waals surface area contributed by atoms with Crippen LogP contribution in [0.5, 0.6) is 5.75 Å². The molecule has 0 amide bonds. The molecule has 1 N–H and O–H groups in total. The number of rotatable bonds is 4. The molecule has 2 rings (SSSR count). The molecule has 0 saturated heterocycles. The molecular weight excluding hydrogens is 290 g/mol. The van der Waals surface area contributed by atoms with Crippen LogP contribution in [0.4, 0.5) is 5.69 Å². The zero-order chi connectivity index (χ0) is 16.3. The highest BCUT2D eigenvalue weighted by Gasteiger charge is 2.15. The Morgan fingerprint density at radius 2 is 1.95 bits per heavy atom. The molecule has 7 heteroatoms. The van der Waals surface area contributed by atoms with E-state index < -0.39 is 27.6 Å². The molecule has 0 fully saturated rings. The molecule has 7 nitrogen and oxygen atoms in total. The number of hydrogen-bond donors (Lipinski definition) is 1. The van der Waals surface area contributed by atoms with Gasteiger partial charge >= 0.3 is 5.63 Å². The van der Waals surface area contributed by atoms with E-state index in [1.807, 2.05) is 0 Å². The van der Waals surface area contributed by atoms with Crippen molar-refractivity contribution in [1.82, 2.24) is 0 Å². The van der Waals surface area contributed by atoms with E-state index in [9.17, 15) is 24.8 Å². The van der Waals surface area contributed by atoms with Gasteiger partial charge in [0.25, 0.3) is 5.69 Å². The summed E-state index contributed by atoms with van der Waals surface area (Å²) in [4.78, 5) is 33.5. The van der Waals surface area contributed by atoms with Crippen molar-refractivity contribution in [3.8, 4) is 5.75 Å². The number of nitrogens with zero attached hydrogens (tertiary/aromatic N) is 1. The van der Waals surface area contributed by atoms with Gasteiger partial charge in [0.1, 0.15) is 17.1 Å². The predicted molar refractivity (Wildman–Crippen MR) is 77.8 cm³/mol. The minimum atomic E-state index is -0.921. The first-order chi connectivity index (χ1) is 10.4. The van der Waals surface area contributed by atoms with E-state index in [1.54, 1.807) is 0 Å². The monoisotopic (exact) mass is 301 g/mol. The van der Waals surface area contributed by atoms with E-state index in [-0.39, 0.29) is 11.4 Å². The van der Waals surface area contributed by atoms with Crippen molar-refractivity contribution in [3.05, 3.63) is 73.8 Å². The summed E-state index contributed by atoms with van der Waals surface area (Å²) in [6.45, 7) is 1.47. The van der Waals surface area contributed by atoms with E-state index in [2.05, 4.69) is 0 Å². The molecule has 22 heavy (non-hydrogen) atoms. The molecule has 0 aliphatic rings. The number of ketones is 1. The fraction of sp³-hybridized carbons (Fsp3) is 0.0667. The Labute approximate surface area is 124 Å². The van der Waals surface area contributed by atoms with Crippen molar-refractivity contribution in [3.63, 3.8) is 0 Å². The maximum absolute atomic E-state index is 11.9. The molecule has 0 aliphatic heterocycles. The van der Waals surface area contributed by atoms with Crippen molar-refractivity contribution in [2.24, 2.45) is 0 Å². The molecule has 2 aromatic rings. The lowest BCUT2D eigenvalue weighted by Crippen LogP contribution is -2.12. The highest BCUT2D eigenvalue weighted by Crippen LogP contribution is 2.17. The lowest BCUT2D eigenvalue weighted by Gasteiger charge is -1.99. The molecule has 1 heterocycles. The molecule has 0 unspecified atom stereocenters. The number of nitro benzene ring substituents is 1. The molecular formula is C15H11NO6. The largest absolute Gasteiger partial charge is 0.507 e. The summed E-state index contributed by atoms with van der Waals surface area (Å²) in [5, 5.41) is 20.2. The minimum Gasteiger partial charge on any atom is -0.507 e. The maximum Gasteiger partial charge on any atom is 0.351 e. The van der Waals surface area contributed by atoms with E-state index in [0.29, 0.717) is 5.56 Å². The third kappa shape index (κ3) is 3.26. The Bertz CT molecular complexity index is 817. The number of aromatic hydroxyl groups is 1. The Balaban J connectivity index is 2.25. The van der Waals surface area contributed by atoms with Crippen LogP contribution in [0.1, 0.15) is 21.7 Å². The number of nitro groups is 1. The van der Waals surface area contributed by atoms with E-state index in [1.165, 1.54) is 43.3 Å². The van der Waals surface area contributed by atoms with E-state index in [4.69, 9.17) is 4.42 Å². The Kier molecular flexibility index (Phi) is 4.17. The van der Waals surface area contributed by atoms with Crippen LogP contribution in [-0.4, -0.2) is 15.8 Å². The second kappa shape index (κ2) is 6.04. The second-order valence-corrected chi connectivity index (χ2v) is 4.45. The molecule has 112 valence electrons. The molecule has 1 aromatic carbocycles. The Hall–Kier alpha value is -3.22. The van der Waals surface area contributed by atoms with Crippen LogP contribution in [0.15, 0.2) is 45.6 Å². The molecule has 0 aliphatic carbocycles. The Morgan fingerprint density at radius 1 is 1.32 bits per heavy atom. The van der Waals surface area contributed by atoms with Crippen LogP contribution < -0.4 is 5.63 Å². The highest BCUT2D eigenvalue weighted by molar-refractivity contribution is 6.08. The maximum atomic E-state index is 11.9. The summed E-state index contributed by atoms with van der Waals surface area (Å²) in [7, 11) is 0. The first kappa shape index (κ1) is 15.2. The standard InChI is InChI=1S/C15H11NO6/c1-9-8-13(18)14(15(19)22-9)12(17)7-4-10-2-5-11(6-3-10)16(20)21/h2-8,18H,1H3. The SMILES string of the molecule is Cc1cc(O)c(C(=O)C=Cc2ccc([N+](=O)[O-])cc2)c(=O)o1. The summed E-state index contributed by atoms with van der Waals surface area (Å²) in [5.74, 6) is -0.977. The summed E-state index contributed by atoms with van der Waals surface area (Å²) in [6.07, 6.45) is 2.47. The van der Waals surface area contributed by atoms with Gasteiger partial charge in [0, 0.05) is 18.2 Å². The summed E-state index contributed by atoms with van der Waals surface area (Å²) in [6, 6.07) is 6.68. The van der Waals surface area contributed by atoms with Gasteiger partial charge in [-0.3, -0.25) is 14.9 Å². The first-order valence-electron chi connectivity index (χ1n) is 6.19. The molecule has 1 aromatic heterocycles. The van der Waals surface area contributed by atoms with Crippen molar-refractivity contribution < 1.29 is 19.2 Å². The third-order valence-electron chi connectivity index (χ3n) is 2.83. The number of hydrogen-bond acceptors (Lipinski definition) is 6. The summed E-state index contributed by atoms with van der Waals surface area (Å²) < 4.78 is 4.76. The van der Waals surface area contributed by atoms with E-state index in [0.717, 1.165) is 6.08 Å². The fourth-order valence-electron chi connectivity index (χ4n) is 1.79. The van der Waals surface area contributed by atoms with Gasteiger partial charge in [-0.15, -0.1) is 0 Å². The van der Waals surface area contributed by atoms with Crippen LogP contribution in [0.25, 0.3) is 6.08 Å². The van der Waals surface area contributed by atoms with E-state index >= 15 is 0 Å². The quantitative estimate of drug-likeness (QED) is 0.402.